The fraction of sp³-hybridized carbons (Fsp3) is 0. The SMILES string of the molecule is Pc1cc2ccccc2c(-c2cccc3ccccc23)c1P. The summed E-state index contributed by atoms with van der Waals surface area (Å²) in [6.45, 7) is 0. The van der Waals surface area contributed by atoms with Crippen molar-refractivity contribution < 1.29 is 0 Å². The zero-order valence-corrected chi connectivity index (χ0v) is 14.4. The van der Waals surface area contributed by atoms with E-state index >= 15 is 0 Å². The first-order valence-electron chi connectivity index (χ1n) is 7.30. The standard InChI is InChI=1S/C20H16P2/c21-18-12-14-7-2-4-10-16(14)19(20(18)22)17-11-5-8-13-6-1-3-9-15(13)17/h1-12H,21-22H2. The third-order valence-corrected chi connectivity index (χ3v) is 5.61. The topological polar surface area (TPSA) is 0 Å². The van der Waals surface area contributed by atoms with Gasteiger partial charge < -0.3 is 0 Å². The van der Waals surface area contributed by atoms with Crippen molar-refractivity contribution in [1.82, 2.24) is 0 Å². The summed E-state index contributed by atoms with van der Waals surface area (Å²) >= 11 is 0. The monoisotopic (exact) mass is 318 g/mol. The Labute approximate surface area is 135 Å². The van der Waals surface area contributed by atoms with E-state index in [0.29, 0.717) is 0 Å². The van der Waals surface area contributed by atoms with E-state index < -0.39 is 0 Å². The van der Waals surface area contributed by atoms with E-state index in [9.17, 15) is 0 Å². The van der Waals surface area contributed by atoms with E-state index in [0.717, 1.165) is 0 Å². The molecule has 0 aromatic heterocycles. The zero-order valence-electron chi connectivity index (χ0n) is 12.1. The lowest BCUT2D eigenvalue weighted by Crippen LogP contribution is -2.14. The Morgan fingerprint density at radius 1 is 0.591 bits per heavy atom. The molecular weight excluding hydrogens is 302 g/mol. The van der Waals surface area contributed by atoms with Gasteiger partial charge in [0.25, 0.3) is 0 Å². The van der Waals surface area contributed by atoms with Crippen LogP contribution in [-0.2, 0) is 0 Å². The van der Waals surface area contributed by atoms with Crippen molar-refractivity contribution in [2.24, 2.45) is 0 Å². The van der Waals surface area contributed by atoms with E-state index in [2.05, 4.69) is 91.3 Å². The zero-order chi connectivity index (χ0) is 15.1. The predicted octanol–water partition coefficient (Wildman–Crippen LogP) is 4.66. The molecule has 106 valence electrons. The number of fused-ring (bicyclic) bond motifs is 2. The first kappa shape index (κ1) is 13.9. The molecular formula is C20H16P2. The van der Waals surface area contributed by atoms with E-state index in [1.54, 1.807) is 0 Å². The third-order valence-electron chi connectivity index (χ3n) is 4.18. The lowest BCUT2D eigenvalue weighted by Gasteiger charge is -2.15. The second kappa shape index (κ2) is 5.47. The van der Waals surface area contributed by atoms with Gasteiger partial charge in [0.15, 0.2) is 0 Å². The Balaban J connectivity index is 2.19. The first-order chi connectivity index (χ1) is 10.8. The van der Waals surface area contributed by atoms with Gasteiger partial charge >= 0.3 is 0 Å². The molecule has 0 saturated heterocycles. The fourth-order valence-electron chi connectivity index (χ4n) is 3.12. The van der Waals surface area contributed by atoms with Crippen molar-refractivity contribution in [3.8, 4) is 11.1 Å². The molecule has 0 saturated carbocycles. The minimum Gasteiger partial charge on any atom is -0.105 e. The molecule has 4 aromatic rings. The van der Waals surface area contributed by atoms with Crippen molar-refractivity contribution in [2.45, 2.75) is 0 Å². The molecule has 0 aliphatic rings. The van der Waals surface area contributed by atoms with Crippen LogP contribution in [0.1, 0.15) is 0 Å². The Morgan fingerprint density at radius 2 is 1.23 bits per heavy atom. The molecule has 0 aliphatic heterocycles. The lowest BCUT2D eigenvalue weighted by atomic mass is 9.94. The van der Waals surface area contributed by atoms with Gasteiger partial charge in [0.05, 0.1) is 0 Å². The van der Waals surface area contributed by atoms with Crippen LogP contribution in [0.25, 0.3) is 32.7 Å². The highest BCUT2D eigenvalue weighted by Crippen LogP contribution is 2.33. The normalized spacial score (nSPS) is 11.2. The maximum atomic E-state index is 2.92. The third kappa shape index (κ3) is 2.15. The van der Waals surface area contributed by atoms with Crippen LogP contribution in [0.3, 0.4) is 0 Å². The average molecular weight is 318 g/mol. The molecule has 0 N–H and O–H groups in total. The number of hydrogen-bond donors (Lipinski definition) is 0. The van der Waals surface area contributed by atoms with Crippen molar-refractivity contribution >= 4 is 50.6 Å². The number of hydrogen-bond acceptors (Lipinski definition) is 0. The quantitative estimate of drug-likeness (QED) is 0.448. The number of rotatable bonds is 1. The summed E-state index contributed by atoms with van der Waals surface area (Å²) in [7, 11) is 5.78. The summed E-state index contributed by atoms with van der Waals surface area (Å²) in [5.41, 5.74) is 2.61. The van der Waals surface area contributed by atoms with E-state index in [4.69, 9.17) is 0 Å². The predicted molar refractivity (Wildman–Crippen MR) is 106 cm³/mol. The van der Waals surface area contributed by atoms with Crippen LogP contribution in [0.2, 0.25) is 0 Å². The molecule has 2 unspecified atom stereocenters. The molecule has 22 heavy (non-hydrogen) atoms. The molecule has 4 rings (SSSR count). The van der Waals surface area contributed by atoms with Gasteiger partial charge in [-0.3, -0.25) is 0 Å². The largest absolute Gasteiger partial charge is 0.105 e. The molecule has 0 aliphatic carbocycles. The van der Waals surface area contributed by atoms with Crippen molar-refractivity contribution in [2.75, 3.05) is 0 Å². The molecule has 0 amide bonds. The van der Waals surface area contributed by atoms with Gasteiger partial charge in [0.2, 0.25) is 0 Å². The second-order valence-electron chi connectivity index (χ2n) is 5.50. The minimum absolute atomic E-state index is 1.23. The lowest BCUT2D eigenvalue weighted by molar-refractivity contribution is 1.72. The first-order valence-corrected chi connectivity index (χ1v) is 8.46. The summed E-state index contributed by atoms with van der Waals surface area (Å²) in [4.78, 5) is 0. The highest BCUT2D eigenvalue weighted by atomic mass is 31.0. The molecule has 0 nitrogen and oxygen atoms in total. The minimum atomic E-state index is 1.23. The van der Waals surface area contributed by atoms with E-state index in [-0.39, 0.29) is 0 Å². The Hall–Kier alpha value is -1.74. The molecule has 0 spiro atoms. The Bertz CT molecular complexity index is 998. The maximum Gasteiger partial charge on any atom is -0.00212 e. The molecule has 2 heteroatoms. The summed E-state index contributed by atoms with van der Waals surface area (Å²) < 4.78 is 0. The van der Waals surface area contributed by atoms with Crippen LogP contribution < -0.4 is 10.6 Å². The van der Waals surface area contributed by atoms with Crippen LogP contribution in [0.15, 0.2) is 72.8 Å². The van der Waals surface area contributed by atoms with Gasteiger partial charge in [-0.2, -0.15) is 0 Å². The Kier molecular flexibility index (Phi) is 3.45. The smallest absolute Gasteiger partial charge is 0.00212 e. The highest BCUT2D eigenvalue weighted by Gasteiger charge is 2.12. The molecule has 0 heterocycles. The van der Waals surface area contributed by atoms with E-state index in [1.807, 2.05) is 0 Å². The van der Waals surface area contributed by atoms with Gasteiger partial charge in [-0.05, 0) is 49.3 Å². The maximum absolute atomic E-state index is 2.92. The summed E-state index contributed by atoms with van der Waals surface area (Å²) in [6, 6.07) is 26.0. The van der Waals surface area contributed by atoms with Crippen molar-refractivity contribution in [1.29, 1.82) is 0 Å². The van der Waals surface area contributed by atoms with Crippen molar-refractivity contribution in [3.63, 3.8) is 0 Å². The van der Waals surface area contributed by atoms with Crippen LogP contribution >= 0.6 is 18.5 Å². The summed E-state index contributed by atoms with van der Waals surface area (Å²) in [6.07, 6.45) is 0. The van der Waals surface area contributed by atoms with Crippen LogP contribution in [0.4, 0.5) is 0 Å². The molecule has 0 fully saturated rings. The fourth-order valence-corrected chi connectivity index (χ4v) is 3.84. The molecule has 0 radical (unpaired) electrons. The van der Waals surface area contributed by atoms with Crippen LogP contribution in [0, 0.1) is 0 Å². The molecule has 2 atom stereocenters. The highest BCUT2D eigenvalue weighted by molar-refractivity contribution is 7.36. The van der Waals surface area contributed by atoms with Gasteiger partial charge in [-0.25, -0.2) is 0 Å². The second-order valence-corrected chi connectivity index (χ2v) is 6.70. The van der Waals surface area contributed by atoms with Gasteiger partial charge in [-0.1, -0.05) is 66.7 Å². The molecule has 0 bridgehead atoms. The molecule has 4 aromatic carbocycles. The van der Waals surface area contributed by atoms with Gasteiger partial charge in [0.1, 0.15) is 0 Å². The van der Waals surface area contributed by atoms with Crippen molar-refractivity contribution in [3.05, 3.63) is 72.8 Å². The van der Waals surface area contributed by atoms with Gasteiger partial charge in [-0.15, -0.1) is 18.5 Å². The van der Waals surface area contributed by atoms with Gasteiger partial charge in [0, 0.05) is 0 Å². The number of benzene rings is 4. The average Bonchev–Trinajstić information content (AvgIpc) is 2.56. The van der Waals surface area contributed by atoms with E-state index in [1.165, 1.54) is 43.3 Å². The summed E-state index contributed by atoms with van der Waals surface area (Å²) in [5.74, 6) is 0. The Morgan fingerprint density at radius 3 is 2.05 bits per heavy atom. The summed E-state index contributed by atoms with van der Waals surface area (Å²) in [5, 5.41) is 7.64. The van der Waals surface area contributed by atoms with Crippen LogP contribution in [0.5, 0.6) is 0 Å². The van der Waals surface area contributed by atoms with Crippen LogP contribution in [-0.4, -0.2) is 0 Å².